The van der Waals surface area contributed by atoms with Gasteiger partial charge in [-0.05, 0) is 49.9 Å². The predicted molar refractivity (Wildman–Crippen MR) is 99.7 cm³/mol. The van der Waals surface area contributed by atoms with E-state index in [1.807, 2.05) is 6.92 Å². The maximum absolute atomic E-state index is 12.6. The van der Waals surface area contributed by atoms with Gasteiger partial charge in [-0.25, -0.2) is 8.42 Å². The Balaban J connectivity index is 1.69. The Hall–Kier alpha value is -2.09. The second-order valence-electron chi connectivity index (χ2n) is 7.21. The molecule has 0 bridgehead atoms. The zero-order valence-electron chi connectivity index (χ0n) is 15.4. The summed E-state index contributed by atoms with van der Waals surface area (Å²) in [6.07, 6.45) is 3.29. The van der Waals surface area contributed by atoms with Gasteiger partial charge in [-0.2, -0.15) is 0 Å². The van der Waals surface area contributed by atoms with E-state index in [1.54, 1.807) is 30.0 Å². The van der Waals surface area contributed by atoms with E-state index in [1.165, 1.54) is 10.6 Å². The molecule has 142 valence electrons. The zero-order valence-corrected chi connectivity index (χ0v) is 16.2. The van der Waals surface area contributed by atoms with E-state index in [4.69, 9.17) is 0 Å². The molecule has 3 rings (SSSR count). The summed E-state index contributed by atoms with van der Waals surface area (Å²) in [6.45, 7) is 4.74. The lowest BCUT2D eigenvalue weighted by atomic mass is 10.0. The first-order valence-corrected chi connectivity index (χ1v) is 10.7. The molecule has 1 atom stereocenters. The lowest BCUT2D eigenvalue weighted by Gasteiger charge is -2.31. The summed E-state index contributed by atoms with van der Waals surface area (Å²) in [6, 6.07) is 5.09. The third-order valence-corrected chi connectivity index (χ3v) is 6.40. The number of likely N-dealkylation sites (tertiary alicyclic amines) is 1. The van der Waals surface area contributed by atoms with Crippen LogP contribution in [0.4, 0.5) is 5.69 Å². The Kier molecular flexibility index (Phi) is 4.96. The van der Waals surface area contributed by atoms with Gasteiger partial charge in [-0.1, -0.05) is 0 Å². The van der Waals surface area contributed by atoms with Crippen molar-refractivity contribution >= 4 is 27.5 Å². The molecular weight excluding hydrogens is 354 g/mol. The number of hydrogen-bond acceptors (Lipinski definition) is 4. The standard InChI is InChI=1S/C18H25N3O4S/c1-12-10-15-11-14(4-5-17(15)21(12)26(3,24)25)18(23)19-16-6-8-20(9-7-16)13(2)22/h4-5,11-12,16H,6-10H2,1-3H3,(H,19,23)/t12-/m0/s1. The normalized spacial score (nSPS) is 20.8. The minimum atomic E-state index is -3.33. The molecule has 2 heterocycles. The summed E-state index contributed by atoms with van der Waals surface area (Å²) in [5.74, 6) is -0.0857. The second-order valence-corrected chi connectivity index (χ2v) is 9.07. The molecule has 0 radical (unpaired) electrons. The lowest BCUT2D eigenvalue weighted by Crippen LogP contribution is -2.46. The monoisotopic (exact) mass is 379 g/mol. The Morgan fingerprint density at radius 2 is 1.85 bits per heavy atom. The summed E-state index contributed by atoms with van der Waals surface area (Å²) in [5.41, 5.74) is 2.08. The second kappa shape index (κ2) is 6.90. The summed E-state index contributed by atoms with van der Waals surface area (Å²) in [4.78, 5) is 25.7. The Morgan fingerprint density at radius 1 is 1.19 bits per heavy atom. The highest BCUT2D eigenvalue weighted by Gasteiger charge is 2.33. The van der Waals surface area contributed by atoms with Crippen molar-refractivity contribution in [2.75, 3.05) is 23.7 Å². The molecule has 1 aromatic rings. The van der Waals surface area contributed by atoms with Crippen LogP contribution in [0.15, 0.2) is 18.2 Å². The SMILES string of the molecule is CC(=O)N1CCC(NC(=O)c2ccc3c(c2)C[C@H](C)N3S(C)(=O)=O)CC1. The molecule has 1 saturated heterocycles. The maximum Gasteiger partial charge on any atom is 0.251 e. The molecule has 0 spiro atoms. The van der Waals surface area contributed by atoms with Crippen molar-refractivity contribution in [3.05, 3.63) is 29.3 Å². The van der Waals surface area contributed by atoms with Gasteiger partial charge < -0.3 is 10.2 Å². The van der Waals surface area contributed by atoms with Crippen LogP contribution in [0, 0.1) is 0 Å². The average molecular weight is 379 g/mol. The number of carbonyl (C=O) groups is 2. The van der Waals surface area contributed by atoms with Gasteiger partial charge in [-0.15, -0.1) is 0 Å². The minimum Gasteiger partial charge on any atom is -0.349 e. The minimum absolute atomic E-state index is 0.0535. The molecule has 1 fully saturated rings. The van der Waals surface area contributed by atoms with Crippen molar-refractivity contribution in [1.29, 1.82) is 0 Å². The quantitative estimate of drug-likeness (QED) is 0.853. The van der Waals surface area contributed by atoms with E-state index >= 15 is 0 Å². The first-order valence-electron chi connectivity index (χ1n) is 8.85. The molecular formula is C18H25N3O4S. The number of sulfonamides is 1. The van der Waals surface area contributed by atoms with E-state index in [0.29, 0.717) is 30.8 Å². The summed E-state index contributed by atoms with van der Waals surface area (Å²) in [7, 11) is -3.33. The number of nitrogens with one attached hydrogen (secondary N) is 1. The molecule has 26 heavy (non-hydrogen) atoms. The average Bonchev–Trinajstić information content (AvgIpc) is 2.90. The molecule has 8 heteroatoms. The molecule has 2 aliphatic heterocycles. The van der Waals surface area contributed by atoms with E-state index in [9.17, 15) is 18.0 Å². The van der Waals surface area contributed by atoms with Crippen molar-refractivity contribution in [1.82, 2.24) is 10.2 Å². The number of amides is 2. The van der Waals surface area contributed by atoms with Crippen molar-refractivity contribution in [3.63, 3.8) is 0 Å². The third kappa shape index (κ3) is 3.70. The van der Waals surface area contributed by atoms with E-state index in [0.717, 1.165) is 18.4 Å². The van der Waals surface area contributed by atoms with Gasteiger partial charge in [0.25, 0.3) is 5.91 Å². The Labute approximate surface area is 154 Å². The Bertz CT molecular complexity index is 829. The fourth-order valence-electron chi connectivity index (χ4n) is 3.86. The highest BCUT2D eigenvalue weighted by Crippen LogP contribution is 2.34. The van der Waals surface area contributed by atoms with Crippen LogP contribution in [-0.2, 0) is 21.2 Å². The summed E-state index contributed by atoms with van der Waals surface area (Å²) >= 11 is 0. The number of benzene rings is 1. The number of rotatable bonds is 3. The number of piperidine rings is 1. The number of carbonyl (C=O) groups excluding carboxylic acids is 2. The summed E-state index contributed by atoms with van der Waals surface area (Å²) < 4.78 is 25.4. The molecule has 0 aliphatic carbocycles. The molecule has 2 amide bonds. The molecule has 2 aliphatic rings. The van der Waals surface area contributed by atoms with Crippen LogP contribution in [0.3, 0.4) is 0 Å². The fourth-order valence-corrected chi connectivity index (χ4v) is 5.12. The van der Waals surface area contributed by atoms with E-state index < -0.39 is 10.0 Å². The topological polar surface area (TPSA) is 86.8 Å². The number of hydrogen-bond donors (Lipinski definition) is 1. The Morgan fingerprint density at radius 3 is 2.42 bits per heavy atom. The van der Waals surface area contributed by atoms with Crippen LogP contribution in [0.25, 0.3) is 0 Å². The van der Waals surface area contributed by atoms with Gasteiger partial charge in [-0.3, -0.25) is 13.9 Å². The van der Waals surface area contributed by atoms with E-state index in [2.05, 4.69) is 5.32 Å². The summed E-state index contributed by atoms with van der Waals surface area (Å²) in [5, 5.41) is 3.03. The van der Waals surface area contributed by atoms with Crippen LogP contribution in [0.2, 0.25) is 0 Å². The number of nitrogens with zero attached hydrogens (tertiary/aromatic N) is 2. The highest BCUT2D eigenvalue weighted by molar-refractivity contribution is 7.92. The van der Waals surface area contributed by atoms with Crippen molar-refractivity contribution in [2.45, 2.75) is 45.2 Å². The van der Waals surface area contributed by atoms with Crippen LogP contribution >= 0.6 is 0 Å². The smallest absolute Gasteiger partial charge is 0.251 e. The van der Waals surface area contributed by atoms with Gasteiger partial charge in [0.15, 0.2) is 0 Å². The molecule has 1 aromatic carbocycles. The molecule has 0 aromatic heterocycles. The van der Waals surface area contributed by atoms with Crippen molar-refractivity contribution in [3.8, 4) is 0 Å². The fraction of sp³-hybridized carbons (Fsp3) is 0.556. The lowest BCUT2D eigenvalue weighted by molar-refractivity contribution is -0.129. The van der Waals surface area contributed by atoms with Crippen molar-refractivity contribution in [2.24, 2.45) is 0 Å². The van der Waals surface area contributed by atoms with Gasteiger partial charge in [0, 0.05) is 37.7 Å². The van der Waals surface area contributed by atoms with E-state index in [-0.39, 0.29) is 23.9 Å². The first-order chi connectivity index (χ1) is 12.2. The maximum atomic E-state index is 12.6. The van der Waals surface area contributed by atoms with Gasteiger partial charge in [0.05, 0.1) is 11.9 Å². The molecule has 7 nitrogen and oxygen atoms in total. The third-order valence-electron chi connectivity index (χ3n) is 5.13. The van der Waals surface area contributed by atoms with Gasteiger partial charge in [0.2, 0.25) is 15.9 Å². The zero-order chi connectivity index (χ0) is 19.1. The highest BCUT2D eigenvalue weighted by atomic mass is 32.2. The molecule has 1 N–H and O–H groups in total. The van der Waals surface area contributed by atoms with Crippen molar-refractivity contribution < 1.29 is 18.0 Å². The predicted octanol–water partition coefficient (Wildman–Crippen LogP) is 1.14. The van der Waals surface area contributed by atoms with Gasteiger partial charge >= 0.3 is 0 Å². The van der Waals surface area contributed by atoms with Crippen LogP contribution in [0.1, 0.15) is 42.6 Å². The van der Waals surface area contributed by atoms with Crippen LogP contribution in [0.5, 0.6) is 0 Å². The number of anilines is 1. The number of fused-ring (bicyclic) bond motifs is 1. The molecule has 0 saturated carbocycles. The van der Waals surface area contributed by atoms with Crippen LogP contribution in [-0.4, -0.2) is 56.6 Å². The first kappa shape index (κ1) is 18.7. The molecule has 0 unspecified atom stereocenters. The van der Waals surface area contributed by atoms with Gasteiger partial charge in [0.1, 0.15) is 0 Å². The van der Waals surface area contributed by atoms with Crippen LogP contribution < -0.4 is 9.62 Å². The largest absolute Gasteiger partial charge is 0.349 e.